The summed E-state index contributed by atoms with van der Waals surface area (Å²) in [5, 5.41) is 3.24. The molecule has 0 aromatic heterocycles. The van der Waals surface area contributed by atoms with Crippen molar-refractivity contribution in [3.8, 4) is 0 Å². The predicted molar refractivity (Wildman–Crippen MR) is 137 cm³/mol. The van der Waals surface area contributed by atoms with Crippen LogP contribution in [0.3, 0.4) is 0 Å². The molecule has 0 unspecified atom stereocenters. The second-order valence-corrected chi connectivity index (χ2v) is 11.0. The summed E-state index contributed by atoms with van der Waals surface area (Å²) in [6.45, 7) is 8.01. The third-order valence-electron chi connectivity index (χ3n) is 8.77. The topological polar surface area (TPSA) is 52.7 Å². The summed E-state index contributed by atoms with van der Waals surface area (Å²) >= 11 is 0. The predicted octanol–water partition coefficient (Wildman–Crippen LogP) is 4.65. The molecule has 4 rings (SSSR count). The SMILES string of the molecule is CC[C@@H](C)C(=O)N[C@H](C(=O)N1CC[C@@H]2CCCN(CCc3ccccc3)C[C@@H]21)C1CCCCC1. The number of carbonyl (C=O) groups excluding carboxylic acids is 2. The largest absolute Gasteiger partial charge is 0.344 e. The summed E-state index contributed by atoms with van der Waals surface area (Å²) in [5.41, 5.74) is 1.38. The Morgan fingerprint density at radius 3 is 2.50 bits per heavy atom. The fourth-order valence-electron chi connectivity index (χ4n) is 6.35. The Bertz CT molecular complexity index is 792. The van der Waals surface area contributed by atoms with Crippen LogP contribution in [0.5, 0.6) is 0 Å². The molecule has 1 aromatic carbocycles. The van der Waals surface area contributed by atoms with Gasteiger partial charge in [-0.2, -0.15) is 0 Å². The van der Waals surface area contributed by atoms with Gasteiger partial charge in [-0.3, -0.25) is 9.59 Å². The summed E-state index contributed by atoms with van der Waals surface area (Å²) < 4.78 is 0. The highest BCUT2D eigenvalue weighted by molar-refractivity contribution is 5.89. The first kappa shape index (κ1) is 25.2. The maximum absolute atomic E-state index is 14.0. The standard InChI is InChI=1S/C29H45N3O2/c1-3-22(2)28(33)30-27(25-13-8-5-9-14-25)29(34)32-20-17-24-15-10-18-31(21-26(24)32)19-16-23-11-6-4-7-12-23/h4,6-7,11-12,22,24-27H,3,5,8-10,13-21H2,1-2H3,(H,30,33)/t22-,24+,26+,27+/m1/s1. The van der Waals surface area contributed by atoms with E-state index in [1.807, 2.05) is 13.8 Å². The molecule has 188 valence electrons. The van der Waals surface area contributed by atoms with Crippen molar-refractivity contribution < 1.29 is 9.59 Å². The molecule has 5 nitrogen and oxygen atoms in total. The number of rotatable bonds is 8. The Balaban J connectivity index is 1.45. The molecule has 0 bridgehead atoms. The van der Waals surface area contributed by atoms with Crippen molar-refractivity contribution in [3.05, 3.63) is 35.9 Å². The van der Waals surface area contributed by atoms with Gasteiger partial charge >= 0.3 is 0 Å². The summed E-state index contributed by atoms with van der Waals surface area (Å²) in [5.74, 6) is 1.08. The minimum atomic E-state index is -0.346. The third kappa shape index (κ3) is 6.21. The first-order valence-electron chi connectivity index (χ1n) is 13.9. The lowest BCUT2D eigenvalue weighted by atomic mass is 9.83. The lowest BCUT2D eigenvalue weighted by molar-refractivity contribution is -0.140. The van der Waals surface area contributed by atoms with Crippen LogP contribution in [-0.4, -0.2) is 59.9 Å². The fourth-order valence-corrected chi connectivity index (χ4v) is 6.35. The molecule has 1 saturated carbocycles. The number of nitrogens with one attached hydrogen (secondary N) is 1. The molecule has 1 N–H and O–H groups in total. The van der Waals surface area contributed by atoms with Crippen LogP contribution in [0.1, 0.15) is 77.2 Å². The average Bonchev–Trinajstić information content (AvgIpc) is 3.16. The van der Waals surface area contributed by atoms with Gasteiger partial charge in [0.15, 0.2) is 0 Å². The third-order valence-corrected chi connectivity index (χ3v) is 8.77. The molecule has 4 atom stereocenters. The molecule has 5 heteroatoms. The number of amides is 2. The normalized spacial score (nSPS) is 25.9. The molecular formula is C29H45N3O2. The van der Waals surface area contributed by atoms with Gasteiger partial charge in [-0.15, -0.1) is 0 Å². The van der Waals surface area contributed by atoms with Crippen LogP contribution in [0, 0.1) is 17.8 Å². The molecule has 3 fully saturated rings. The number of benzene rings is 1. The molecule has 0 spiro atoms. The zero-order valence-electron chi connectivity index (χ0n) is 21.4. The maximum atomic E-state index is 14.0. The van der Waals surface area contributed by atoms with Crippen molar-refractivity contribution in [3.63, 3.8) is 0 Å². The highest BCUT2D eigenvalue weighted by Gasteiger charge is 2.43. The second-order valence-electron chi connectivity index (χ2n) is 11.0. The van der Waals surface area contributed by atoms with Crippen LogP contribution >= 0.6 is 0 Å². The Morgan fingerprint density at radius 2 is 1.76 bits per heavy atom. The van der Waals surface area contributed by atoms with Crippen LogP contribution in [-0.2, 0) is 16.0 Å². The van der Waals surface area contributed by atoms with Crippen molar-refractivity contribution in [1.82, 2.24) is 15.1 Å². The van der Waals surface area contributed by atoms with Crippen molar-refractivity contribution in [1.29, 1.82) is 0 Å². The number of nitrogens with zero attached hydrogens (tertiary/aromatic N) is 2. The van der Waals surface area contributed by atoms with Gasteiger partial charge in [-0.05, 0) is 68.9 Å². The van der Waals surface area contributed by atoms with E-state index in [2.05, 4.69) is 45.4 Å². The molecule has 2 amide bonds. The van der Waals surface area contributed by atoms with Gasteiger partial charge in [0.2, 0.25) is 11.8 Å². The van der Waals surface area contributed by atoms with Gasteiger partial charge < -0.3 is 15.1 Å². The number of hydrogen-bond acceptors (Lipinski definition) is 3. The zero-order chi connectivity index (χ0) is 23.9. The van der Waals surface area contributed by atoms with E-state index in [9.17, 15) is 9.59 Å². The number of hydrogen-bond donors (Lipinski definition) is 1. The molecule has 2 heterocycles. The quantitative estimate of drug-likeness (QED) is 0.605. The molecule has 2 aliphatic heterocycles. The fraction of sp³-hybridized carbons (Fsp3) is 0.724. The maximum Gasteiger partial charge on any atom is 0.245 e. The van der Waals surface area contributed by atoms with Crippen LogP contribution in [0.2, 0.25) is 0 Å². The van der Waals surface area contributed by atoms with Crippen molar-refractivity contribution in [2.24, 2.45) is 17.8 Å². The molecule has 0 radical (unpaired) electrons. The first-order valence-corrected chi connectivity index (χ1v) is 13.9. The van der Waals surface area contributed by atoms with Gasteiger partial charge in [-0.25, -0.2) is 0 Å². The summed E-state index contributed by atoms with van der Waals surface area (Å²) in [6.07, 6.45) is 11.1. The summed E-state index contributed by atoms with van der Waals surface area (Å²) in [7, 11) is 0. The number of carbonyl (C=O) groups is 2. The van der Waals surface area contributed by atoms with Gasteiger partial charge in [0.1, 0.15) is 6.04 Å². The van der Waals surface area contributed by atoms with E-state index in [4.69, 9.17) is 0 Å². The van der Waals surface area contributed by atoms with E-state index >= 15 is 0 Å². The van der Waals surface area contributed by atoms with Crippen molar-refractivity contribution in [2.45, 2.75) is 90.1 Å². The first-order chi connectivity index (χ1) is 16.6. The highest BCUT2D eigenvalue weighted by Crippen LogP contribution is 2.34. The van der Waals surface area contributed by atoms with E-state index in [1.54, 1.807) is 0 Å². The zero-order valence-corrected chi connectivity index (χ0v) is 21.4. The average molecular weight is 468 g/mol. The van der Waals surface area contributed by atoms with Crippen molar-refractivity contribution in [2.75, 3.05) is 26.2 Å². The van der Waals surface area contributed by atoms with Gasteiger partial charge in [0.25, 0.3) is 0 Å². The molecular weight excluding hydrogens is 422 g/mol. The molecule has 2 saturated heterocycles. The van der Waals surface area contributed by atoms with Crippen LogP contribution < -0.4 is 5.32 Å². The van der Waals surface area contributed by atoms with Gasteiger partial charge in [-0.1, -0.05) is 63.4 Å². The second kappa shape index (κ2) is 12.2. The smallest absolute Gasteiger partial charge is 0.245 e. The summed E-state index contributed by atoms with van der Waals surface area (Å²) in [4.78, 5) is 31.7. The molecule has 1 aliphatic carbocycles. The highest BCUT2D eigenvalue weighted by atomic mass is 16.2. The minimum Gasteiger partial charge on any atom is -0.344 e. The Morgan fingerprint density at radius 1 is 1.00 bits per heavy atom. The van der Waals surface area contributed by atoms with Crippen molar-refractivity contribution >= 4 is 11.8 Å². The minimum absolute atomic E-state index is 0.0448. The van der Waals surface area contributed by atoms with E-state index < -0.39 is 0 Å². The van der Waals surface area contributed by atoms with Gasteiger partial charge in [0.05, 0.1) is 0 Å². The van der Waals surface area contributed by atoms with Gasteiger partial charge in [0, 0.05) is 31.6 Å². The Kier molecular flexibility index (Phi) is 9.04. The lowest BCUT2D eigenvalue weighted by Gasteiger charge is -2.37. The van der Waals surface area contributed by atoms with E-state index in [0.717, 1.165) is 58.3 Å². The molecule has 34 heavy (non-hydrogen) atoms. The number of likely N-dealkylation sites (tertiary alicyclic amines) is 2. The summed E-state index contributed by atoms with van der Waals surface area (Å²) in [6, 6.07) is 10.7. The Labute approximate surface area is 206 Å². The van der Waals surface area contributed by atoms with E-state index in [0.29, 0.717) is 5.92 Å². The van der Waals surface area contributed by atoms with Crippen LogP contribution in [0.15, 0.2) is 30.3 Å². The van der Waals surface area contributed by atoms with E-state index in [1.165, 1.54) is 37.7 Å². The van der Waals surface area contributed by atoms with Crippen LogP contribution in [0.4, 0.5) is 0 Å². The molecule has 3 aliphatic rings. The van der Waals surface area contributed by atoms with E-state index in [-0.39, 0.29) is 35.7 Å². The Hall–Kier alpha value is -1.88. The molecule has 1 aromatic rings. The lowest BCUT2D eigenvalue weighted by Crippen LogP contribution is -2.56. The monoisotopic (exact) mass is 467 g/mol. The number of fused-ring (bicyclic) bond motifs is 1. The van der Waals surface area contributed by atoms with Crippen LogP contribution in [0.25, 0.3) is 0 Å².